The van der Waals surface area contributed by atoms with Crippen LogP contribution in [0.3, 0.4) is 0 Å². The molecule has 27 heavy (non-hydrogen) atoms. The number of methoxy groups -OCH3 is 1. The van der Waals surface area contributed by atoms with Gasteiger partial charge in [0, 0.05) is 54.2 Å². The lowest BCUT2D eigenvalue weighted by Gasteiger charge is -2.12. The molecule has 3 rings (SSSR count). The van der Waals surface area contributed by atoms with E-state index in [2.05, 4.69) is 35.8 Å². The zero-order valence-corrected chi connectivity index (χ0v) is 17.4. The number of aromatic amines is 1. The van der Waals surface area contributed by atoms with E-state index in [0.29, 0.717) is 0 Å². The van der Waals surface area contributed by atoms with Gasteiger partial charge in [-0.15, -0.1) is 0 Å². The third-order valence-electron chi connectivity index (χ3n) is 4.13. The normalized spacial score (nSPS) is 9.70. The summed E-state index contributed by atoms with van der Waals surface area (Å²) in [7, 11) is 3.25. The number of rotatable bonds is 3. The van der Waals surface area contributed by atoms with E-state index in [1.54, 1.807) is 14.2 Å². The minimum Gasteiger partial charge on any atom is -0.398 e. The van der Waals surface area contributed by atoms with Gasteiger partial charge in [-0.2, -0.15) is 0 Å². The Bertz CT molecular complexity index is 837. The van der Waals surface area contributed by atoms with Crippen molar-refractivity contribution in [2.75, 3.05) is 25.7 Å². The van der Waals surface area contributed by atoms with E-state index in [-0.39, 0.29) is 0 Å². The van der Waals surface area contributed by atoms with Crippen LogP contribution in [-0.4, -0.2) is 19.2 Å². The van der Waals surface area contributed by atoms with E-state index >= 15 is 0 Å². The fraction of sp³-hybridized carbons (Fsp3) is 0.304. The predicted molar refractivity (Wildman–Crippen MR) is 119 cm³/mol. The molecule has 146 valence electrons. The number of ether oxygens (including phenoxy) is 1. The highest BCUT2D eigenvalue weighted by atomic mass is 16.4. The zero-order chi connectivity index (χ0) is 20.4. The summed E-state index contributed by atoms with van der Waals surface area (Å²) >= 11 is 0. The van der Waals surface area contributed by atoms with Crippen LogP contribution in [0, 0.1) is 6.92 Å². The number of H-pyrrole nitrogens is 1. The van der Waals surface area contributed by atoms with Crippen LogP contribution in [0.5, 0.6) is 0 Å². The molecule has 3 aromatic rings. The molecule has 0 bridgehead atoms. The van der Waals surface area contributed by atoms with Crippen molar-refractivity contribution in [3.63, 3.8) is 0 Å². The third kappa shape index (κ3) is 5.38. The molecule has 2 aromatic carbocycles. The van der Waals surface area contributed by atoms with Crippen molar-refractivity contribution in [3.8, 4) is 22.3 Å². The van der Waals surface area contributed by atoms with E-state index in [9.17, 15) is 0 Å². The van der Waals surface area contributed by atoms with Crippen LogP contribution < -0.4 is 11.5 Å². The molecule has 0 saturated carbocycles. The molecular formula is C23H33N3O. The van der Waals surface area contributed by atoms with Crippen LogP contribution in [0.25, 0.3) is 22.3 Å². The van der Waals surface area contributed by atoms with Crippen LogP contribution in [0.2, 0.25) is 0 Å². The summed E-state index contributed by atoms with van der Waals surface area (Å²) in [5.41, 5.74) is 20.7. The van der Waals surface area contributed by atoms with E-state index in [1.807, 2.05) is 50.2 Å². The average molecular weight is 368 g/mol. The second-order valence-corrected chi connectivity index (χ2v) is 5.96. The maximum Gasteiger partial charge on any atom is 0.0394 e. The Morgan fingerprint density at radius 1 is 0.926 bits per heavy atom. The lowest BCUT2D eigenvalue weighted by atomic mass is 9.94. The molecule has 0 aliphatic carbocycles. The molecule has 0 saturated heterocycles. The van der Waals surface area contributed by atoms with Gasteiger partial charge >= 0.3 is 0 Å². The number of aryl methyl sites for hydroxylation is 2. The number of hydrogen-bond acceptors (Lipinski definition) is 3. The number of benzene rings is 2. The summed E-state index contributed by atoms with van der Waals surface area (Å²) in [5.74, 6) is 0. The van der Waals surface area contributed by atoms with Crippen molar-refractivity contribution in [3.05, 3.63) is 59.9 Å². The first-order valence-corrected chi connectivity index (χ1v) is 9.35. The summed E-state index contributed by atoms with van der Waals surface area (Å²) in [6, 6.07) is 14.0. The van der Waals surface area contributed by atoms with Crippen molar-refractivity contribution >= 4 is 11.4 Å². The highest BCUT2D eigenvalue weighted by Gasteiger charge is 2.13. The number of aromatic nitrogens is 1. The molecule has 4 heteroatoms. The summed E-state index contributed by atoms with van der Waals surface area (Å²) in [4.78, 5) is 3.30. The Labute approximate surface area is 163 Å². The maximum atomic E-state index is 6.24. The summed E-state index contributed by atoms with van der Waals surface area (Å²) < 4.78 is 4.25. The maximum absolute atomic E-state index is 6.24. The average Bonchev–Trinajstić information content (AvgIpc) is 3.05. The van der Waals surface area contributed by atoms with Crippen molar-refractivity contribution in [1.29, 1.82) is 0 Å². The zero-order valence-electron chi connectivity index (χ0n) is 17.4. The Kier molecular flexibility index (Phi) is 9.17. The predicted octanol–water partition coefficient (Wildman–Crippen LogP) is 5.67. The second-order valence-electron chi connectivity index (χ2n) is 5.96. The number of nitrogens with two attached hydrogens (primary N) is 2. The molecule has 0 amide bonds. The number of para-hydroxylation sites is 1. The first-order valence-electron chi connectivity index (χ1n) is 9.35. The number of nitrogens with one attached hydrogen (secondary N) is 1. The molecule has 1 aromatic heterocycles. The fourth-order valence-corrected chi connectivity index (χ4v) is 2.93. The van der Waals surface area contributed by atoms with Gasteiger partial charge in [-0.1, -0.05) is 45.0 Å². The molecule has 0 atom stereocenters. The van der Waals surface area contributed by atoms with Crippen LogP contribution in [-0.2, 0) is 11.2 Å². The highest BCUT2D eigenvalue weighted by molar-refractivity contribution is 5.87. The molecule has 0 aliphatic rings. The van der Waals surface area contributed by atoms with Crippen molar-refractivity contribution in [2.45, 2.75) is 34.1 Å². The van der Waals surface area contributed by atoms with E-state index < -0.39 is 0 Å². The number of nitrogen functional groups attached to an aromatic ring is 2. The van der Waals surface area contributed by atoms with Gasteiger partial charge in [0.2, 0.25) is 0 Å². The SMILES string of the molecule is CC.CCc1c[nH]c(C)c1-c1cc(-c2ccccc2N)ccc1N.COC. The second kappa shape index (κ2) is 11.1. The lowest BCUT2D eigenvalue weighted by molar-refractivity contribution is 0.277. The van der Waals surface area contributed by atoms with Gasteiger partial charge in [0.05, 0.1) is 0 Å². The Morgan fingerprint density at radius 3 is 2.11 bits per heavy atom. The first kappa shape index (κ1) is 22.3. The summed E-state index contributed by atoms with van der Waals surface area (Å²) in [6.45, 7) is 8.23. The summed E-state index contributed by atoms with van der Waals surface area (Å²) in [5, 5.41) is 0. The smallest absolute Gasteiger partial charge is 0.0394 e. The van der Waals surface area contributed by atoms with Gasteiger partial charge in [-0.25, -0.2) is 0 Å². The van der Waals surface area contributed by atoms with Gasteiger partial charge in [-0.05, 0) is 42.7 Å². The van der Waals surface area contributed by atoms with Crippen LogP contribution in [0.1, 0.15) is 32.0 Å². The van der Waals surface area contributed by atoms with Crippen LogP contribution in [0.15, 0.2) is 48.7 Å². The molecular weight excluding hydrogens is 334 g/mol. The monoisotopic (exact) mass is 367 g/mol. The molecule has 4 nitrogen and oxygen atoms in total. The van der Waals surface area contributed by atoms with Crippen LogP contribution in [0.4, 0.5) is 11.4 Å². The molecule has 0 fully saturated rings. The summed E-state index contributed by atoms with van der Waals surface area (Å²) in [6.07, 6.45) is 3.03. The van der Waals surface area contributed by atoms with E-state index in [4.69, 9.17) is 11.5 Å². The minimum absolute atomic E-state index is 0.778. The number of anilines is 2. The standard InChI is InChI=1S/C19H21N3.C2H6O.C2H6/c1-3-13-11-22-12(2)19(13)16-10-14(8-9-18(16)21)15-6-4-5-7-17(15)20;1-3-2;1-2/h4-11,22H,3,20-21H2,1-2H3;1-2H3;1-2H3. The van der Waals surface area contributed by atoms with Crippen LogP contribution >= 0.6 is 0 Å². The lowest BCUT2D eigenvalue weighted by Crippen LogP contribution is -1.95. The third-order valence-corrected chi connectivity index (χ3v) is 4.13. The van der Waals surface area contributed by atoms with Gasteiger partial charge in [0.15, 0.2) is 0 Å². The van der Waals surface area contributed by atoms with Crippen molar-refractivity contribution in [2.24, 2.45) is 0 Å². The Hall–Kier alpha value is -2.72. The highest BCUT2D eigenvalue weighted by Crippen LogP contribution is 2.36. The Morgan fingerprint density at radius 2 is 1.52 bits per heavy atom. The van der Waals surface area contributed by atoms with Gasteiger partial charge in [0.1, 0.15) is 0 Å². The molecule has 0 spiro atoms. The van der Waals surface area contributed by atoms with E-state index in [0.717, 1.165) is 40.2 Å². The van der Waals surface area contributed by atoms with Crippen molar-refractivity contribution in [1.82, 2.24) is 4.98 Å². The van der Waals surface area contributed by atoms with Gasteiger partial charge in [0.25, 0.3) is 0 Å². The molecule has 1 heterocycles. The molecule has 5 N–H and O–H groups in total. The Balaban J connectivity index is 0.000000665. The molecule has 0 unspecified atom stereocenters. The van der Waals surface area contributed by atoms with Crippen molar-refractivity contribution < 1.29 is 4.74 Å². The topological polar surface area (TPSA) is 77.1 Å². The first-order chi connectivity index (χ1) is 13.0. The minimum atomic E-state index is 0.778. The molecule has 0 radical (unpaired) electrons. The molecule has 0 aliphatic heterocycles. The fourth-order valence-electron chi connectivity index (χ4n) is 2.93. The quantitative estimate of drug-likeness (QED) is 0.522. The van der Waals surface area contributed by atoms with E-state index in [1.165, 1.54) is 11.1 Å². The van der Waals surface area contributed by atoms with Gasteiger partial charge in [-0.3, -0.25) is 0 Å². The van der Waals surface area contributed by atoms with Gasteiger partial charge < -0.3 is 21.2 Å². The largest absolute Gasteiger partial charge is 0.398 e. The number of hydrogen-bond donors (Lipinski definition) is 3.